The van der Waals surface area contributed by atoms with Gasteiger partial charge in [-0.3, -0.25) is 0 Å². The summed E-state index contributed by atoms with van der Waals surface area (Å²) < 4.78 is 0. The predicted octanol–water partition coefficient (Wildman–Crippen LogP) is 5.15. The number of hydrogen-bond donors (Lipinski definition) is 2. The molecule has 3 atom stereocenters. The van der Waals surface area contributed by atoms with Crippen LogP contribution in [0.5, 0.6) is 0 Å². The number of nitrogens with two attached hydrogens (primary N) is 2. The van der Waals surface area contributed by atoms with Crippen molar-refractivity contribution in [1.29, 1.82) is 0 Å². The molecular weight excluding hydrogens is 339 g/mol. The van der Waals surface area contributed by atoms with Crippen LogP contribution < -0.4 is 11.5 Å². The fourth-order valence-electron chi connectivity index (χ4n) is 2.93. The van der Waals surface area contributed by atoms with Crippen LogP contribution in [0.4, 0.5) is 0 Å². The molecule has 2 rings (SSSR count). The van der Waals surface area contributed by atoms with Gasteiger partial charge in [-0.05, 0) is 48.8 Å². The van der Waals surface area contributed by atoms with Crippen molar-refractivity contribution in [3.05, 3.63) is 60.2 Å². The summed E-state index contributed by atoms with van der Waals surface area (Å²) in [5.41, 5.74) is 16.0. The normalized spacial score (nSPS) is 14.0. The molecule has 0 saturated heterocycles. The van der Waals surface area contributed by atoms with E-state index in [1.54, 1.807) is 0 Å². The molecule has 0 saturated carbocycles. The molecule has 0 fully saturated rings. The predicted molar refractivity (Wildman–Crippen MR) is 110 cm³/mol. The van der Waals surface area contributed by atoms with Crippen LogP contribution >= 0.6 is 24.8 Å². The van der Waals surface area contributed by atoms with Crippen molar-refractivity contribution in [3.8, 4) is 11.1 Å². The summed E-state index contributed by atoms with van der Waals surface area (Å²) in [7, 11) is 0. The maximum atomic E-state index is 6.17. The first kappa shape index (κ1) is 22.9. The molecule has 0 amide bonds. The molecule has 0 spiro atoms. The Kier molecular flexibility index (Phi) is 11.0. The molecule has 4 N–H and O–H groups in total. The molecular formula is C20H30Cl2N2. The van der Waals surface area contributed by atoms with Crippen molar-refractivity contribution in [2.75, 3.05) is 0 Å². The second-order valence-corrected chi connectivity index (χ2v) is 6.30. The summed E-state index contributed by atoms with van der Waals surface area (Å²) in [6.07, 6.45) is 3.00. The number of halogens is 2. The lowest BCUT2D eigenvalue weighted by Gasteiger charge is -2.23. The Balaban J connectivity index is 0.00000264. The van der Waals surface area contributed by atoms with E-state index in [0.717, 1.165) is 19.3 Å². The molecule has 2 aromatic rings. The van der Waals surface area contributed by atoms with Crippen LogP contribution in [-0.4, -0.2) is 12.1 Å². The van der Waals surface area contributed by atoms with Gasteiger partial charge in [-0.25, -0.2) is 0 Å². The topological polar surface area (TPSA) is 52.0 Å². The molecule has 2 nitrogen and oxygen atoms in total. The van der Waals surface area contributed by atoms with Gasteiger partial charge in [-0.2, -0.15) is 0 Å². The largest absolute Gasteiger partial charge is 0.328 e. The van der Waals surface area contributed by atoms with E-state index in [1.165, 1.54) is 16.7 Å². The van der Waals surface area contributed by atoms with Crippen LogP contribution in [0, 0.1) is 0 Å². The van der Waals surface area contributed by atoms with Crippen molar-refractivity contribution in [2.45, 2.75) is 51.1 Å². The van der Waals surface area contributed by atoms with Crippen LogP contribution in [0.2, 0.25) is 0 Å². The highest BCUT2D eigenvalue weighted by Crippen LogP contribution is 2.28. The highest BCUT2D eigenvalue weighted by Gasteiger charge is 2.16. The maximum absolute atomic E-state index is 6.17. The third-order valence-corrected chi connectivity index (χ3v) is 4.26. The molecule has 2 aromatic carbocycles. The number of rotatable bonds is 7. The molecule has 0 heterocycles. The first-order chi connectivity index (χ1) is 10.6. The lowest BCUT2D eigenvalue weighted by Crippen LogP contribution is -2.25. The van der Waals surface area contributed by atoms with Gasteiger partial charge in [0, 0.05) is 12.1 Å². The molecule has 0 aliphatic rings. The molecule has 0 aliphatic carbocycles. The fourth-order valence-corrected chi connectivity index (χ4v) is 2.93. The minimum atomic E-state index is 0. The van der Waals surface area contributed by atoms with E-state index in [1.807, 2.05) is 6.07 Å². The van der Waals surface area contributed by atoms with E-state index in [9.17, 15) is 0 Å². The van der Waals surface area contributed by atoms with Gasteiger partial charge in [0.25, 0.3) is 0 Å². The van der Waals surface area contributed by atoms with Gasteiger partial charge >= 0.3 is 0 Å². The summed E-state index contributed by atoms with van der Waals surface area (Å²) in [4.78, 5) is 0. The second kappa shape index (κ2) is 11.5. The van der Waals surface area contributed by atoms with E-state index in [4.69, 9.17) is 11.5 Å². The molecule has 0 radical (unpaired) electrons. The van der Waals surface area contributed by atoms with Gasteiger partial charge in [-0.15, -0.1) is 24.8 Å². The average molecular weight is 369 g/mol. The third-order valence-electron chi connectivity index (χ3n) is 4.26. The van der Waals surface area contributed by atoms with Crippen molar-refractivity contribution in [1.82, 2.24) is 0 Å². The van der Waals surface area contributed by atoms with E-state index in [-0.39, 0.29) is 36.9 Å². The average Bonchev–Trinajstić information content (AvgIpc) is 2.54. The van der Waals surface area contributed by atoms with E-state index >= 15 is 0 Å². The zero-order valence-electron chi connectivity index (χ0n) is 14.5. The zero-order valence-corrected chi connectivity index (χ0v) is 16.2. The second-order valence-electron chi connectivity index (χ2n) is 6.30. The fraction of sp³-hybridized carbons (Fsp3) is 0.400. The van der Waals surface area contributed by atoms with Gasteiger partial charge in [0.2, 0.25) is 0 Å². The van der Waals surface area contributed by atoms with Gasteiger partial charge in [0.15, 0.2) is 0 Å². The molecule has 24 heavy (non-hydrogen) atoms. The lowest BCUT2D eigenvalue weighted by molar-refractivity contribution is 0.464. The summed E-state index contributed by atoms with van der Waals surface area (Å²) in [5, 5.41) is 0. The maximum Gasteiger partial charge on any atom is 0.00420 e. The summed E-state index contributed by atoms with van der Waals surface area (Å²) in [5.74, 6) is 0.444. The summed E-state index contributed by atoms with van der Waals surface area (Å²) in [6, 6.07) is 19.8. The molecule has 0 aliphatic heterocycles. The molecule has 3 unspecified atom stereocenters. The van der Waals surface area contributed by atoms with Crippen LogP contribution in [0.3, 0.4) is 0 Å². The van der Waals surface area contributed by atoms with Crippen LogP contribution in [0.15, 0.2) is 54.6 Å². The first-order valence-electron chi connectivity index (χ1n) is 8.26. The Bertz CT molecular complexity index is 556. The van der Waals surface area contributed by atoms with Crippen molar-refractivity contribution < 1.29 is 0 Å². The Labute approximate surface area is 158 Å². The molecule has 0 aromatic heterocycles. The quantitative estimate of drug-likeness (QED) is 0.710. The molecule has 4 heteroatoms. The van der Waals surface area contributed by atoms with Gasteiger partial charge in [-0.1, -0.05) is 61.5 Å². The standard InChI is InChI=1S/C20H28N2.2ClH/c1-3-20(22)14-19(13-15(2)21)18-11-9-17(10-12-18)16-7-5-4-6-8-16;;/h4-12,15,19-20H,3,13-14,21-22H2,1-2H3;2*1H. The van der Waals surface area contributed by atoms with Crippen LogP contribution in [0.1, 0.15) is 44.6 Å². The van der Waals surface area contributed by atoms with Crippen LogP contribution in [0.25, 0.3) is 11.1 Å². The van der Waals surface area contributed by atoms with Crippen LogP contribution in [-0.2, 0) is 0 Å². The van der Waals surface area contributed by atoms with E-state index < -0.39 is 0 Å². The highest BCUT2D eigenvalue weighted by molar-refractivity contribution is 5.85. The van der Waals surface area contributed by atoms with Gasteiger partial charge in [0.05, 0.1) is 0 Å². The Hall–Kier alpha value is -1.06. The number of benzene rings is 2. The lowest BCUT2D eigenvalue weighted by atomic mass is 9.86. The van der Waals surface area contributed by atoms with E-state index in [0.29, 0.717) is 5.92 Å². The van der Waals surface area contributed by atoms with Gasteiger partial charge < -0.3 is 11.5 Å². The highest BCUT2D eigenvalue weighted by atomic mass is 35.5. The van der Waals surface area contributed by atoms with E-state index in [2.05, 4.69) is 62.4 Å². The Morgan fingerprint density at radius 3 is 1.83 bits per heavy atom. The smallest absolute Gasteiger partial charge is 0.00420 e. The molecule has 134 valence electrons. The van der Waals surface area contributed by atoms with Crippen molar-refractivity contribution >= 4 is 24.8 Å². The zero-order chi connectivity index (χ0) is 15.9. The van der Waals surface area contributed by atoms with Gasteiger partial charge in [0.1, 0.15) is 0 Å². The first-order valence-corrected chi connectivity index (χ1v) is 8.26. The summed E-state index contributed by atoms with van der Waals surface area (Å²) >= 11 is 0. The summed E-state index contributed by atoms with van der Waals surface area (Å²) in [6.45, 7) is 4.22. The third kappa shape index (κ3) is 6.82. The van der Waals surface area contributed by atoms with Crippen molar-refractivity contribution in [2.24, 2.45) is 11.5 Å². The number of hydrogen-bond acceptors (Lipinski definition) is 2. The molecule has 0 bridgehead atoms. The minimum absolute atomic E-state index is 0. The minimum Gasteiger partial charge on any atom is -0.328 e. The Morgan fingerprint density at radius 2 is 1.33 bits per heavy atom. The van der Waals surface area contributed by atoms with Crippen molar-refractivity contribution in [3.63, 3.8) is 0 Å². The Morgan fingerprint density at radius 1 is 0.792 bits per heavy atom. The SMILES string of the molecule is CCC(N)CC(CC(C)N)c1ccc(-c2ccccc2)cc1.Cl.Cl. The monoisotopic (exact) mass is 368 g/mol.